The Morgan fingerprint density at radius 1 is 1.29 bits per heavy atom. The molecule has 0 aliphatic carbocycles. The minimum absolute atomic E-state index is 0.0171. The molecule has 1 unspecified atom stereocenters. The minimum Gasteiger partial charge on any atom is -0.466 e. The number of ether oxygens (including phenoxy) is 1. The summed E-state index contributed by atoms with van der Waals surface area (Å²) in [6.07, 6.45) is 1.78. The van der Waals surface area contributed by atoms with Crippen LogP contribution in [0.25, 0.3) is 0 Å². The highest BCUT2D eigenvalue weighted by atomic mass is 79.9. The molecule has 2 nitrogen and oxygen atoms in total. The molecule has 0 amide bonds. The Bertz CT molecular complexity index is 197. The third-order valence-corrected chi connectivity index (χ3v) is 3.22. The zero-order valence-corrected chi connectivity index (χ0v) is 11.4. The molecule has 0 spiro atoms. The molecule has 0 saturated carbocycles. The Balaban J connectivity index is 4.40. The lowest BCUT2D eigenvalue weighted by Crippen LogP contribution is -2.33. The van der Waals surface area contributed by atoms with Gasteiger partial charge in [-0.3, -0.25) is 4.79 Å². The van der Waals surface area contributed by atoms with Gasteiger partial charge in [0.05, 0.1) is 12.0 Å². The summed E-state index contributed by atoms with van der Waals surface area (Å²) in [7, 11) is 0. The summed E-state index contributed by atoms with van der Waals surface area (Å²) in [5.41, 5.74) is -0.412. The summed E-state index contributed by atoms with van der Waals surface area (Å²) in [6, 6.07) is 0. The van der Waals surface area contributed by atoms with Crippen molar-refractivity contribution in [2.24, 2.45) is 5.41 Å². The molecule has 0 saturated heterocycles. The average Bonchev–Trinajstić information content (AvgIpc) is 2.03. The highest BCUT2D eigenvalue weighted by molar-refractivity contribution is 9.10. The number of carbonyl (C=O) groups is 1. The Morgan fingerprint density at radius 3 is 2.14 bits per heavy atom. The molecule has 0 heterocycles. The minimum atomic E-state index is -0.412. The summed E-state index contributed by atoms with van der Waals surface area (Å²) in [6.45, 7) is 10.4. The quantitative estimate of drug-likeness (QED) is 0.561. The van der Waals surface area contributed by atoms with Gasteiger partial charge in [0, 0.05) is 4.32 Å². The van der Waals surface area contributed by atoms with Gasteiger partial charge in [-0.05, 0) is 40.5 Å². The normalized spacial score (nSPS) is 16.1. The molecule has 0 rings (SSSR count). The number of carbonyl (C=O) groups excluding carboxylic acids is 1. The molecular formula is C11H21BrO2. The van der Waals surface area contributed by atoms with Crippen molar-refractivity contribution >= 4 is 21.9 Å². The van der Waals surface area contributed by atoms with E-state index in [4.69, 9.17) is 4.74 Å². The highest BCUT2D eigenvalue weighted by Gasteiger charge is 2.35. The van der Waals surface area contributed by atoms with Gasteiger partial charge in [-0.25, -0.2) is 0 Å². The number of esters is 1. The molecule has 0 radical (unpaired) electrons. The van der Waals surface area contributed by atoms with Gasteiger partial charge >= 0.3 is 5.97 Å². The van der Waals surface area contributed by atoms with Crippen molar-refractivity contribution in [2.75, 3.05) is 6.61 Å². The first-order valence-corrected chi connectivity index (χ1v) is 5.90. The Labute approximate surface area is 95.5 Å². The smallest absolute Gasteiger partial charge is 0.311 e. The van der Waals surface area contributed by atoms with Crippen LogP contribution in [-0.2, 0) is 9.53 Å². The van der Waals surface area contributed by atoms with Gasteiger partial charge in [0.2, 0.25) is 0 Å². The van der Waals surface area contributed by atoms with Crippen LogP contribution in [-0.4, -0.2) is 16.9 Å². The molecule has 84 valence electrons. The van der Waals surface area contributed by atoms with Crippen molar-refractivity contribution < 1.29 is 9.53 Å². The van der Waals surface area contributed by atoms with Crippen LogP contribution in [0.1, 0.15) is 47.5 Å². The van der Waals surface area contributed by atoms with Crippen molar-refractivity contribution in [3.63, 3.8) is 0 Å². The van der Waals surface area contributed by atoms with Crippen LogP contribution < -0.4 is 0 Å². The third kappa shape index (κ3) is 4.45. The van der Waals surface area contributed by atoms with Gasteiger partial charge in [-0.1, -0.05) is 22.9 Å². The van der Waals surface area contributed by atoms with E-state index in [1.807, 2.05) is 20.8 Å². The van der Waals surface area contributed by atoms with Crippen molar-refractivity contribution in [1.82, 2.24) is 0 Å². The fourth-order valence-electron chi connectivity index (χ4n) is 1.45. The molecule has 14 heavy (non-hydrogen) atoms. The van der Waals surface area contributed by atoms with E-state index in [-0.39, 0.29) is 10.3 Å². The van der Waals surface area contributed by atoms with Gasteiger partial charge in [0.15, 0.2) is 0 Å². The summed E-state index contributed by atoms with van der Waals surface area (Å²) in [5, 5.41) is 0. The van der Waals surface area contributed by atoms with Crippen LogP contribution in [0.15, 0.2) is 0 Å². The Kier molecular flexibility index (Phi) is 5.13. The molecule has 0 fully saturated rings. The molecule has 0 aromatic heterocycles. The number of hydrogen-bond donors (Lipinski definition) is 0. The maximum Gasteiger partial charge on any atom is 0.311 e. The van der Waals surface area contributed by atoms with Gasteiger partial charge in [-0.15, -0.1) is 0 Å². The van der Waals surface area contributed by atoms with E-state index >= 15 is 0 Å². The lowest BCUT2D eigenvalue weighted by atomic mass is 9.82. The second kappa shape index (κ2) is 5.15. The second-order valence-electron chi connectivity index (χ2n) is 4.55. The van der Waals surface area contributed by atoms with Crippen molar-refractivity contribution in [3.8, 4) is 0 Å². The Morgan fingerprint density at radius 2 is 1.79 bits per heavy atom. The topological polar surface area (TPSA) is 26.3 Å². The molecule has 0 aliphatic heterocycles. The summed E-state index contributed by atoms with van der Waals surface area (Å²) < 4.78 is 5.05. The fraction of sp³-hybridized carbons (Fsp3) is 0.909. The van der Waals surface area contributed by atoms with Gasteiger partial charge in [0.1, 0.15) is 0 Å². The van der Waals surface area contributed by atoms with Crippen LogP contribution in [0.3, 0.4) is 0 Å². The monoisotopic (exact) mass is 264 g/mol. The van der Waals surface area contributed by atoms with Gasteiger partial charge in [0.25, 0.3) is 0 Å². The number of hydrogen-bond acceptors (Lipinski definition) is 2. The molecule has 0 bridgehead atoms. The van der Waals surface area contributed by atoms with Crippen LogP contribution in [0.4, 0.5) is 0 Å². The lowest BCUT2D eigenvalue weighted by Gasteiger charge is -2.30. The predicted molar refractivity (Wildman–Crippen MR) is 62.7 cm³/mol. The number of halogens is 1. The van der Waals surface area contributed by atoms with E-state index in [9.17, 15) is 4.79 Å². The van der Waals surface area contributed by atoms with Crippen LogP contribution in [0.5, 0.6) is 0 Å². The van der Waals surface area contributed by atoms with Crippen LogP contribution >= 0.6 is 15.9 Å². The first kappa shape index (κ1) is 13.9. The van der Waals surface area contributed by atoms with E-state index in [2.05, 4.69) is 29.8 Å². The SMILES string of the molecule is CCOC(=O)C(C)(C)CC(C)(Br)CC. The lowest BCUT2D eigenvalue weighted by molar-refractivity contribution is -0.154. The van der Waals surface area contributed by atoms with Crippen LogP contribution in [0.2, 0.25) is 0 Å². The highest BCUT2D eigenvalue weighted by Crippen LogP contribution is 2.36. The maximum atomic E-state index is 11.6. The van der Waals surface area contributed by atoms with Crippen molar-refractivity contribution in [3.05, 3.63) is 0 Å². The average molecular weight is 265 g/mol. The standard InChI is InChI=1S/C11H21BrO2/c1-6-11(5,12)8-10(3,4)9(13)14-7-2/h6-8H2,1-5H3. The zero-order valence-electron chi connectivity index (χ0n) is 9.82. The maximum absolute atomic E-state index is 11.6. The van der Waals surface area contributed by atoms with E-state index in [0.29, 0.717) is 6.61 Å². The Hall–Kier alpha value is -0.0500. The summed E-state index contributed by atoms with van der Waals surface area (Å²) in [4.78, 5) is 11.6. The second-order valence-corrected chi connectivity index (χ2v) is 6.46. The largest absolute Gasteiger partial charge is 0.466 e. The van der Waals surface area contributed by atoms with Crippen molar-refractivity contribution in [1.29, 1.82) is 0 Å². The molecule has 0 aromatic rings. The molecule has 3 heteroatoms. The van der Waals surface area contributed by atoms with E-state index in [1.54, 1.807) is 0 Å². The van der Waals surface area contributed by atoms with E-state index in [0.717, 1.165) is 12.8 Å². The van der Waals surface area contributed by atoms with E-state index < -0.39 is 5.41 Å². The molecule has 0 N–H and O–H groups in total. The third-order valence-electron chi connectivity index (χ3n) is 2.38. The van der Waals surface area contributed by atoms with Gasteiger partial charge in [-0.2, -0.15) is 0 Å². The van der Waals surface area contributed by atoms with Crippen molar-refractivity contribution in [2.45, 2.75) is 51.8 Å². The molecular weight excluding hydrogens is 244 g/mol. The van der Waals surface area contributed by atoms with Gasteiger partial charge < -0.3 is 4.74 Å². The molecule has 0 aliphatic rings. The number of rotatable bonds is 5. The predicted octanol–water partition coefficient (Wildman–Crippen LogP) is 3.53. The fourth-order valence-corrected chi connectivity index (χ4v) is 2.15. The first-order chi connectivity index (χ1) is 6.25. The van der Waals surface area contributed by atoms with Crippen LogP contribution in [0, 0.1) is 5.41 Å². The molecule has 1 atom stereocenters. The first-order valence-electron chi connectivity index (χ1n) is 5.11. The summed E-state index contributed by atoms with van der Waals surface area (Å²) >= 11 is 3.63. The number of alkyl halides is 1. The van der Waals surface area contributed by atoms with E-state index in [1.165, 1.54) is 0 Å². The summed E-state index contributed by atoms with van der Waals surface area (Å²) in [5.74, 6) is -0.112. The molecule has 0 aromatic carbocycles. The zero-order chi connectivity index (χ0) is 11.4.